The summed E-state index contributed by atoms with van der Waals surface area (Å²) in [5, 5.41) is 10.7. The van der Waals surface area contributed by atoms with Gasteiger partial charge in [0, 0.05) is 5.69 Å². The highest BCUT2D eigenvalue weighted by Gasteiger charge is 2.36. The topological polar surface area (TPSA) is 113 Å². The molecule has 1 fully saturated rings. The fourth-order valence-corrected chi connectivity index (χ4v) is 5.57. The number of ether oxygens (including phenoxy) is 1. The molecule has 0 saturated carbocycles. The molecular formula is C20H13FI2N2O6S. The van der Waals surface area contributed by atoms with Crippen LogP contribution in [0.3, 0.4) is 0 Å². The Kier molecular flexibility index (Phi) is 8.10. The van der Waals surface area contributed by atoms with E-state index < -0.39 is 42.0 Å². The number of hydrogen-bond donors (Lipinski definition) is 2. The highest BCUT2D eigenvalue weighted by molar-refractivity contribution is 14.1. The fraction of sp³-hybridized carbons (Fsp3) is 0.100. The largest absolute Gasteiger partial charge is 0.480 e. The maximum Gasteiger partial charge on any atom is 0.341 e. The second kappa shape index (κ2) is 10.6. The Morgan fingerprint density at radius 2 is 1.78 bits per heavy atom. The van der Waals surface area contributed by atoms with Gasteiger partial charge in [-0.25, -0.2) is 9.18 Å². The number of carbonyl (C=O) groups is 4. The summed E-state index contributed by atoms with van der Waals surface area (Å²) in [6, 6.07) is 8.48. The standard InChI is InChI=1S/C20H13FI2N2O6S/c21-11-1-3-12(4-2-11)24-16(26)8-25-19(29)15(32-20(25)30)7-10-5-13(22)18(14(23)6-10)31-9-17(27)28/h1-7H,8-9H2,(H,24,26)(H,27,28)/b15-7-. The van der Waals surface area contributed by atoms with Crippen LogP contribution in [0.4, 0.5) is 14.9 Å². The summed E-state index contributed by atoms with van der Waals surface area (Å²) in [5.74, 6) is -2.34. The maximum absolute atomic E-state index is 13.0. The summed E-state index contributed by atoms with van der Waals surface area (Å²) in [5.41, 5.74) is 0.955. The lowest BCUT2D eigenvalue weighted by molar-refractivity contribution is -0.139. The molecule has 1 aliphatic heterocycles. The molecule has 0 aliphatic carbocycles. The summed E-state index contributed by atoms with van der Waals surface area (Å²) in [6.45, 7) is -0.958. The third-order valence-corrected chi connectivity index (χ3v) is 6.47. The first-order valence-corrected chi connectivity index (χ1v) is 11.8. The number of aliphatic carboxylic acids is 1. The minimum absolute atomic E-state index is 0.149. The van der Waals surface area contributed by atoms with Crippen molar-refractivity contribution < 1.29 is 33.4 Å². The van der Waals surface area contributed by atoms with Gasteiger partial charge < -0.3 is 15.2 Å². The molecule has 0 aromatic heterocycles. The molecule has 32 heavy (non-hydrogen) atoms. The van der Waals surface area contributed by atoms with Gasteiger partial charge in [0.2, 0.25) is 5.91 Å². The van der Waals surface area contributed by atoms with Crippen molar-refractivity contribution in [2.45, 2.75) is 0 Å². The van der Waals surface area contributed by atoms with E-state index in [1.165, 1.54) is 30.3 Å². The first-order valence-electron chi connectivity index (χ1n) is 8.78. The first-order chi connectivity index (χ1) is 15.1. The van der Waals surface area contributed by atoms with Crippen LogP contribution in [-0.2, 0) is 14.4 Å². The van der Waals surface area contributed by atoms with Gasteiger partial charge in [-0.2, -0.15) is 0 Å². The van der Waals surface area contributed by atoms with E-state index in [1.54, 1.807) is 12.1 Å². The van der Waals surface area contributed by atoms with Crippen molar-refractivity contribution >= 4 is 91.7 Å². The zero-order valence-electron chi connectivity index (χ0n) is 15.9. The number of halogens is 3. The number of anilines is 1. The number of imide groups is 1. The first kappa shape index (κ1) is 24.4. The van der Waals surface area contributed by atoms with Crippen LogP contribution in [0, 0.1) is 13.0 Å². The average molecular weight is 682 g/mol. The van der Waals surface area contributed by atoms with Gasteiger partial charge in [0.25, 0.3) is 11.1 Å². The van der Waals surface area contributed by atoms with E-state index in [0.29, 0.717) is 35.9 Å². The van der Waals surface area contributed by atoms with Gasteiger partial charge >= 0.3 is 5.97 Å². The number of benzene rings is 2. The summed E-state index contributed by atoms with van der Waals surface area (Å²) >= 11 is 4.69. The van der Waals surface area contributed by atoms with E-state index in [2.05, 4.69) is 5.32 Å². The van der Waals surface area contributed by atoms with Gasteiger partial charge in [-0.1, -0.05) is 0 Å². The molecule has 2 aromatic carbocycles. The van der Waals surface area contributed by atoms with E-state index in [9.17, 15) is 23.6 Å². The van der Waals surface area contributed by atoms with E-state index >= 15 is 0 Å². The van der Waals surface area contributed by atoms with Crippen LogP contribution in [0.15, 0.2) is 41.3 Å². The number of amides is 3. The van der Waals surface area contributed by atoms with Gasteiger partial charge in [0.1, 0.15) is 18.1 Å². The van der Waals surface area contributed by atoms with Crippen LogP contribution >= 0.6 is 56.9 Å². The Balaban J connectivity index is 1.71. The number of thioether (sulfide) groups is 1. The molecule has 0 spiro atoms. The summed E-state index contributed by atoms with van der Waals surface area (Å²) in [4.78, 5) is 48.8. The van der Waals surface area contributed by atoms with Crippen LogP contribution in [-0.4, -0.2) is 46.2 Å². The van der Waals surface area contributed by atoms with Crippen molar-refractivity contribution in [2.75, 3.05) is 18.5 Å². The Morgan fingerprint density at radius 1 is 1.16 bits per heavy atom. The molecule has 2 aromatic rings. The minimum atomic E-state index is -1.10. The van der Waals surface area contributed by atoms with E-state index in [4.69, 9.17) is 9.84 Å². The highest BCUT2D eigenvalue weighted by atomic mass is 127. The minimum Gasteiger partial charge on any atom is -0.480 e. The second-order valence-electron chi connectivity index (χ2n) is 6.32. The normalized spacial score (nSPS) is 14.7. The number of hydrogen-bond acceptors (Lipinski definition) is 6. The molecule has 8 nitrogen and oxygen atoms in total. The Morgan fingerprint density at radius 3 is 2.38 bits per heavy atom. The van der Waals surface area contributed by atoms with E-state index in [0.717, 1.165) is 4.90 Å². The van der Waals surface area contributed by atoms with Crippen molar-refractivity contribution in [3.63, 3.8) is 0 Å². The Hall–Kier alpha value is -2.20. The van der Waals surface area contributed by atoms with Gasteiger partial charge in [0.15, 0.2) is 6.61 Å². The van der Waals surface area contributed by atoms with Crippen LogP contribution in [0.1, 0.15) is 5.56 Å². The fourth-order valence-electron chi connectivity index (χ4n) is 2.60. The molecule has 0 bridgehead atoms. The van der Waals surface area contributed by atoms with Crippen molar-refractivity contribution in [2.24, 2.45) is 0 Å². The number of carboxylic acid groups (broad SMARTS) is 1. The molecule has 1 heterocycles. The lowest BCUT2D eigenvalue weighted by atomic mass is 10.2. The molecule has 1 saturated heterocycles. The molecule has 166 valence electrons. The third kappa shape index (κ3) is 6.19. The highest BCUT2D eigenvalue weighted by Crippen LogP contribution is 2.34. The van der Waals surface area contributed by atoms with Gasteiger partial charge in [0.05, 0.1) is 12.0 Å². The number of rotatable bonds is 7. The SMILES string of the molecule is O=C(O)COc1c(I)cc(/C=C2\SC(=O)N(CC(=O)Nc3ccc(F)cc3)C2=O)cc1I. The number of nitrogens with zero attached hydrogens (tertiary/aromatic N) is 1. The van der Waals surface area contributed by atoms with E-state index in [-0.39, 0.29) is 4.91 Å². The molecule has 3 rings (SSSR count). The van der Waals surface area contributed by atoms with Crippen LogP contribution < -0.4 is 10.1 Å². The van der Waals surface area contributed by atoms with Gasteiger partial charge in [-0.15, -0.1) is 0 Å². The van der Waals surface area contributed by atoms with Crippen molar-refractivity contribution in [1.29, 1.82) is 0 Å². The molecule has 0 radical (unpaired) electrons. The molecule has 1 aliphatic rings. The Bertz CT molecular complexity index is 1120. The zero-order valence-corrected chi connectivity index (χ0v) is 21.1. The number of carboxylic acids is 1. The molecule has 0 unspecified atom stereocenters. The van der Waals surface area contributed by atoms with Crippen molar-refractivity contribution in [1.82, 2.24) is 4.90 Å². The molecule has 12 heteroatoms. The predicted octanol–water partition coefficient (Wildman–Crippen LogP) is 4.17. The average Bonchev–Trinajstić information content (AvgIpc) is 2.96. The van der Waals surface area contributed by atoms with Gasteiger partial charge in [-0.3, -0.25) is 19.3 Å². The number of carbonyl (C=O) groups excluding carboxylic acids is 3. The van der Waals surface area contributed by atoms with E-state index in [1.807, 2.05) is 45.2 Å². The zero-order chi connectivity index (χ0) is 23.4. The molecule has 2 N–H and O–H groups in total. The monoisotopic (exact) mass is 682 g/mol. The van der Waals surface area contributed by atoms with Crippen molar-refractivity contribution in [3.8, 4) is 5.75 Å². The lowest BCUT2D eigenvalue weighted by Crippen LogP contribution is -2.36. The third-order valence-electron chi connectivity index (χ3n) is 3.96. The summed E-state index contributed by atoms with van der Waals surface area (Å²) in [6.07, 6.45) is 1.52. The molecule has 0 atom stereocenters. The summed E-state index contributed by atoms with van der Waals surface area (Å²) in [7, 11) is 0. The number of nitrogens with one attached hydrogen (secondary N) is 1. The van der Waals surface area contributed by atoms with Gasteiger partial charge in [-0.05, 0) is 105 Å². The Labute approximate surface area is 212 Å². The smallest absolute Gasteiger partial charge is 0.341 e. The second-order valence-corrected chi connectivity index (χ2v) is 9.64. The quantitative estimate of drug-likeness (QED) is 0.333. The molecule has 3 amide bonds. The predicted molar refractivity (Wildman–Crippen MR) is 133 cm³/mol. The van der Waals surface area contributed by atoms with Crippen LogP contribution in [0.25, 0.3) is 6.08 Å². The lowest BCUT2D eigenvalue weighted by Gasteiger charge is -2.12. The van der Waals surface area contributed by atoms with Crippen molar-refractivity contribution in [3.05, 3.63) is 59.8 Å². The summed E-state index contributed by atoms with van der Waals surface area (Å²) < 4.78 is 19.5. The maximum atomic E-state index is 13.0. The van der Waals surface area contributed by atoms with Crippen LogP contribution in [0.2, 0.25) is 0 Å². The van der Waals surface area contributed by atoms with Crippen LogP contribution in [0.5, 0.6) is 5.75 Å². The molecular weight excluding hydrogens is 669 g/mol.